The van der Waals surface area contributed by atoms with Crippen molar-refractivity contribution in [2.24, 2.45) is 0 Å². The van der Waals surface area contributed by atoms with Gasteiger partial charge in [0.25, 0.3) is 0 Å². The van der Waals surface area contributed by atoms with Crippen LogP contribution in [0.3, 0.4) is 0 Å². The van der Waals surface area contributed by atoms with E-state index in [-0.39, 0.29) is 21.3 Å². The average Bonchev–Trinajstić information content (AvgIpc) is 3.15. The predicted octanol–water partition coefficient (Wildman–Crippen LogP) is 6.48. The molecule has 0 amide bonds. The first-order valence-electron chi connectivity index (χ1n) is 8.75. The Morgan fingerprint density at radius 2 is 1.53 bits per heavy atom. The molecule has 0 aliphatic rings. The van der Waals surface area contributed by atoms with Gasteiger partial charge in [-0.3, -0.25) is 0 Å². The van der Waals surface area contributed by atoms with Crippen molar-refractivity contribution in [3.63, 3.8) is 0 Å². The van der Waals surface area contributed by atoms with Crippen LogP contribution in [0, 0.1) is 11.6 Å². The molecule has 0 fully saturated rings. The van der Waals surface area contributed by atoms with Crippen LogP contribution >= 0.6 is 22.9 Å². The molecule has 0 aliphatic carbocycles. The van der Waals surface area contributed by atoms with E-state index < -0.39 is 15.7 Å². The first-order valence-corrected chi connectivity index (χ1v) is 11.8. The van der Waals surface area contributed by atoms with Crippen LogP contribution in [-0.4, -0.2) is 19.7 Å². The summed E-state index contributed by atoms with van der Waals surface area (Å²) in [6.45, 7) is 0. The van der Waals surface area contributed by atoms with Gasteiger partial charge in [0.1, 0.15) is 10.8 Å². The van der Waals surface area contributed by atoms with Gasteiger partial charge in [-0.15, -0.1) is 11.3 Å². The van der Waals surface area contributed by atoms with Crippen LogP contribution in [0.4, 0.5) is 8.78 Å². The summed E-state index contributed by atoms with van der Waals surface area (Å²) in [5.74, 6) is -0.952. The highest BCUT2D eigenvalue weighted by Gasteiger charge is 2.19. The largest absolute Gasteiger partial charge is 0.235 e. The molecule has 3 aromatic carbocycles. The maximum Gasteiger partial charge on any atom is 0.175 e. The van der Waals surface area contributed by atoms with Crippen molar-refractivity contribution < 1.29 is 17.2 Å². The molecule has 0 atom stereocenters. The van der Waals surface area contributed by atoms with Gasteiger partial charge in [0.2, 0.25) is 0 Å². The van der Waals surface area contributed by atoms with Gasteiger partial charge in [-0.2, -0.15) is 0 Å². The quantitative estimate of drug-likeness (QED) is 0.349. The highest BCUT2D eigenvalue weighted by molar-refractivity contribution is 7.90. The zero-order valence-corrected chi connectivity index (χ0v) is 18.0. The van der Waals surface area contributed by atoms with Gasteiger partial charge < -0.3 is 0 Å². The lowest BCUT2D eigenvalue weighted by molar-refractivity contribution is 0.602. The van der Waals surface area contributed by atoms with E-state index in [2.05, 4.69) is 4.98 Å². The lowest BCUT2D eigenvalue weighted by Crippen LogP contribution is -1.96. The number of sulfone groups is 1. The molecule has 8 heteroatoms. The number of benzene rings is 3. The summed E-state index contributed by atoms with van der Waals surface area (Å²) in [6.07, 6.45) is 1.14. The predicted molar refractivity (Wildman–Crippen MR) is 116 cm³/mol. The van der Waals surface area contributed by atoms with Crippen LogP contribution in [0.25, 0.3) is 32.3 Å². The number of aromatic nitrogens is 1. The molecule has 0 N–H and O–H groups in total. The number of halogens is 3. The first kappa shape index (κ1) is 20.7. The number of nitrogens with zero attached hydrogens (tertiary/aromatic N) is 1. The monoisotopic (exact) mass is 461 g/mol. The molecule has 0 aliphatic heterocycles. The minimum Gasteiger partial charge on any atom is -0.235 e. The molecule has 4 rings (SSSR count). The number of thiazole rings is 1. The Morgan fingerprint density at radius 3 is 2.17 bits per heavy atom. The Morgan fingerprint density at radius 1 is 0.900 bits per heavy atom. The molecule has 0 spiro atoms. The molecule has 0 saturated heterocycles. The molecule has 0 unspecified atom stereocenters. The first-order chi connectivity index (χ1) is 14.2. The third-order valence-electron chi connectivity index (χ3n) is 4.47. The third-order valence-corrected chi connectivity index (χ3v) is 7.03. The zero-order chi connectivity index (χ0) is 21.5. The fraction of sp³-hybridized carbons (Fsp3) is 0.0455. The van der Waals surface area contributed by atoms with Gasteiger partial charge >= 0.3 is 0 Å². The molecule has 152 valence electrons. The van der Waals surface area contributed by atoms with Crippen molar-refractivity contribution >= 4 is 32.8 Å². The molecular weight excluding hydrogens is 448 g/mol. The van der Waals surface area contributed by atoms with E-state index in [4.69, 9.17) is 11.6 Å². The summed E-state index contributed by atoms with van der Waals surface area (Å²) in [5.41, 5.74) is 2.17. The fourth-order valence-electron chi connectivity index (χ4n) is 2.96. The van der Waals surface area contributed by atoms with Crippen LogP contribution < -0.4 is 0 Å². The molecule has 1 aromatic heterocycles. The summed E-state index contributed by atoms with van der Waals surface area (Å²) in [5, 5.41) is 0.404. The number of rotatable bonds is 4. The maximum absolute atomic E-state index is 14.6. The Bertz CT molecular complexity index is 1330. The minimum absolute atomic E-state index is 0.00918. The Labute approximate surface area is 181 Å². The summed E-state index contributed by atoms with van der Waals surface area (Å²) in [4.78, 5) is 5.51. The van der Waals surface area contributed by atoms with Crippen LogP contribution in [0.15, 0.2) is 71.6 Å². The van der Waals surface area contributed by atoms with Crippen LogP contribution in [0.5, 0.6) is 0 Å². The summed E-state index contributed by atoms with van der Waals surface area (Å²) >= 11 is 7.17. The zero-order valence-electron chi connectivity index (χ0n) is 15.6. The van der Waals surface area contributed by atoms with Gasteiger partial charge in [0, 0.05) is 17.4 Å². The Hall–Kier alpha value is -2.61. The lowest BCUT2D eigenvalue weighted by Gasteiger charge is -2.04. The molecule has 0 saturated carbocycles. The van der Waals surface area contributed by atoms with E-state index >= 15 is 0 Å². The van der Waals surface area contributed by atoms with Crippen LogP contribution in [0.2, 0.25) is 5.02 Å². The molecule has 0 bridgehead atoms. The standard InChI is InChI=1S/C22H14ClF2NO2S2/c1-30(27,28)16-11-7-14(8-12-16)21-20(13-5-9-15(24)10-6-13)26-22(29-21)17-3-2-4-18(23)19(17)25/h2-12H,1H3. The smallest absolute Gasteiger partial charge is 0.175 e. The molecule has 1 heterocycles. The van der Waals surface area contributed by atoms with E-state index in [0.717, 1.165) is 6.26 Å². The number of hydrogen-bond acceptors (Lipinski definition) is 4. The maximum atomic E-state index is 14.6. The van der Waals surface area contributed by atoms with Crippen molar-refractivity contribution in [1.29, 1.82) is 0 Å². The summed E-state index contributed by atoms with van der Waals surface area (Å²) in [6, 6.07) is 16.9. The average molecular weight is 462 g/mol. The van der Waals surface area contributed by atoms with Crippen molar-refractivity contribution in [2.75, 3.05) is 6.26 Å². The molecule has 0 radical (unpaired) electrons. The highest BCUT2D eigenvalue weighted by Crippen LogP contribution is 2.42. The fourth-order valence-corrected chi connectivity index (χ4v) is 4.87. The van der Waals surface area contributed by atoms with Crippen molar-refractivity contribution in [3.8, 4) is 32.3 Å². The second kappa shape index (κ2) is 7.91. The van der Waals surface area contributed by atoms with Gasteiger partial charge in [-0.05, 0) is 54.1 Å². The summed E-state index contributed by atoms with van der Waals surface area (Å²) in [7, 11) is -3.34. The van der Waals surface area contributed by atoms with Crippen molar-refractivity contribution in [1.82, 2.24) is 4.98 Å². The lowest BCUT2D eigenvalue weighted by atomic mass is 10.1. The number of hydrogen-bond donors (Lipinski definition) is 0. The van der Waals surface area contributed by atoms with E-state index in [1.807, 2.05) is 0 Å². The van der Waals surface area contributed by atoms with E-state index in [1.165, 1.54) is 41.7 Å². The Balaban J connectivity index is 1.91. The van der Waals surface area contributed by atoms with Gasteiger partial charge in [0.15, 0.2) is 15.7 Å². The SMILES string of the molecule is CS(=O)(=O)c1ccc(-c2sc(-c3cccc(Cl)c3F)nc2-c2ccc(F)cc2)cc1. The van der Waals surface area contributed by atoms with Crippen LogP contribution in [-0.2, 0) is 9.84 Å². The highest BCUT2D eigenvalue weighted by atomic mass is 35.5. The molecular formula is C22H14ClF2NO2S2. The second-order valence-electron chi connectivity index (χ2n) is 6.60. The normalized spacial score (nSPS) is 11.6. The molecule has 3 nitrogen and oxygen atoms in total. The molecule has 4 aromatic rings. The van der Waals surface area contributed by atoms with Gasteiger partial charge in [-0.1, -0.05) is 29.8 Å². The van der Waals surface area contributed by atoms with E-state index in [0.29, 0.717) is 26.7 Å². The molecule has 30 heavy (non-hydrogen) atoms. The summed E-state index contributed by atoms with van der Waals surface area (Å²) < 4.78 is 51.5. The minimum atomic E-state index is -3.34. The van der Waals surface area contributed by atoms with Crippen molar-refractivity contribution in [2.45, 2.75) is 4.90 Å². The Kier molecular flexibility index (Phi) is 5.44. The third kappa shape index (κ3) is 4.01. The second-order valence-corrected chi connectivity index (χ2v) is 10.0. The van der Waals surface area contributed by atoms with E-state index in [9.17, 15) is 17.2 Å². The van der Waals surface area contributed by atoms with Crippen LogP contribution in [0.1, 0.15) is 0 Å². The van der Waals surface area contributed by atoms with Gasteiger partial charge in [0.05, 0.1) is 20.5 Å². The van der Waals surface area contributed by atoms with Gasteiger partial charge in [-0.25, -0.2) is 22.2 Å². The topological polar surface area (TPSA) is 47.0 Å². The van der Waals surface area contributed by atoms with E-state index in [1.54, 1.807) is 36.4 Å². The van der Waals surface area contributed by atoms with Crippen molar-refractivity contribution in [3.05, 3.63) is 83.4 Å².